The Bertz CT molecular complexity index is 951. The van der Waals surface area contributed by atoms with Gasteiger partial charge >= 0.3 is 0 Å². The maximum Gasteiger partial charge on any atom is 0.255 e. The highest BCUT2D eigenvalue weighted by molar-refractivity contribution is 6.04. The van der Waals surface area contributed by atoms with Crippen molar-refractivity contribution in [2.24, 2.45) is 11.7 Å². The van der Waals surface area contributed by atoms with Gasteiger partial charge in [-0.25, -0.2) is 0 Å². The number of nitrogens with two attached hydrogens (primary N) is 1. The molecule has 4 rings (SSSR count). The first-order chi connectivity index (χ1) is 17.2. The maximum absolute atomic E-state index is 12.6. The predicted molar refractivity (Wildman–Crippen MR) is 150 cm³/mol. The van der Waals surface area contributed by atoms with Crippen LogP contribution in [0, 0.1) is 5.92 Å². The topological polar surface area (TPSA) is 75.4 Å². The fourth-order valence-electron chi connectivity index (χ4n) is 4.88. The molecule has 2 fully saturated rings. The quantitative estimate of drug-likeness (QED) is 0.488. The minimum absolute atomic E-state index is 0.0522. The number of piperidine rings is 1. The standard InChI is InChI=1S/C24H32N2O.C7H13NO/c1-24(2,3)21-12-10-20(11-13-21)23(27)25-22-9-7-8-19(18-22)14-17-26-15-5-4-6-16-26;8-7-3-1-6(5-9)2-4-7/h7-13,18H,4-6,14-17H2,1-3H3,(H,25,27);5-7H,1-4,8H2. The molecule has 5 heteroatoms. The second-order valence-electron chi connectivity index (χ2n) is 11.4. The summed E-state index contributed by atoms with van der Waals surface area (Å²) in [6.07, 6.45) is 10.2. The Labute approximate surface area is 217 Å². The molecule has 1 aliphatic heterocycles. The lowest BCUT2D eigenvalue weighted by Crippen LogP contribution is -2.31. The van der Waals surface area contributed by atoms with Gasteiger partial charge in [0.05, 0.1) is 0 Å². The van der Waals surface area contributed by atoms with Crippen molar-refractivity contribution in [1.82, 2.24) is 4.90 Å². The number of likely N-dealkylation sites (tertiary alicyclic amines) is 1. The van der Waals surface area contributed by atoms with Crippen LogP contribution in [0.4, 0.5) is 5.69 Å². The van der Waals surface area contributed by atoms with Gasteiger partial charge in [-0.05, 0) is 98.8 Å². The summed E-state index contributed by atoms with van der Waals surface area (Å²) in [5, 5.41) is 3.04. The molecule has 0 unspecified atom stereocenters. The number of carbonyl (C=O) groups excluding carboxylic acids is 2. The largest absolute Gasteiger partial charge is 0.328 e. The Morgan fingerprint density at radius 1 is 1.00 bits per heavy atom. The van der Waals surface area contributed by atoms with Gasteiger partial charge in [-0.3, -0.25) is 4.79 Å². The molecule has 0 radical (unpaired) electrons. The summed E-state index contributed by atoms with van der Waals surface area (Å²) in [6, 6.07) is 16.5. The minimum Gasteiger partial charge on any atom is -0.328 e. The highest BCUT2D eigenvalue weighted by atomic mass is 16.1. The lowest BCUT2D eigenvalue weighted by atomic mass is 9.87. The first-order valence-electron chi connectivity index (χ1n) is 13.7. The van der Waals surface area contributed by atoms with Gasteiger partial charge in [0.1, 0.15) is 6.29 Å². The van der Waals surface area contributed by atoms with Crippen LogP contribution < -0.4 is 11.1 Å². The van der Waals surface area contributed by atoms with Crippen LogP contribution >= 0.6 is 0 Å². The van der Waals surface area contributed by atoms with E-state index in [9.17, 15) is 9.59 Å². The van der Waals surface area contributed by atoms with Gasteiger partial charge in [0.2, 0.25) is 0 Å². The van der Waals surface area contributed by atoms with Gasteiger partial charge < -0.3 is 20.7 Å². The highest BCUT2D eigenvalue weighted by Crippen LogP contribution is 2.23. The average Bonchev–Trinajstić information content (AvgIpc) is 2.89. The molecule has 2 aliphatic rings. The van der Waals surface area contributed by atoms with Crippen LogP contribution in [-0.2, 0) is 16.6 Å². The zero-order chi connectivity index (χ0) is 26.0. The molecular formula is C31H45N3O2. The van der Waals surface area contributed by atoms with Crippen LogP contribution in [0.15, 0.2) is 48.5 Å². The SMILES string of the molecule is CC(C)(C)c1ccc(C(=O)Nc2cccc(CCN3CCCCC3)c2)cc1.NC1CCC(C=O)CC1. The molecule has 36 heavy (non-hydrogen) atoms. The number of nitrogens with zero attached hydrogens (tertiary/aromatic N) is 1. The zero-order valence-corrected chi connectivity index (χ0v) is 22.5. The van der Waals surface area contributed by atoms with Crippen molar-refractivity contribution in [1.29, 1.82) is 0 Å². The van der Waals surface area contributed by atoms with Crippen LogP contribution in [0.2, 0.25) is 0 Å². The van der Waals surface area contributed by atoms with Gasteiger partial charge in [-0.2, -0.15) is 0 Å². The molecule has 1 aliphatic carbocycles. The Hall–Kier alpha value is -2.50. The molecule has 2 aromatic carbocycles. The number of anilines is 1. The van der Waals surface area contributed by atoms with Crippen molar-refractivity contribution < 1.29 is 9.59 Å². The van der Waals surface area contributed by atoms with Gasteiger partial charge in [0.15, 0.2) is 0 Å². The lowest BCUT2D eigenvalue weighted by Gasteiger charge is -2.26. The number of aldehydes is 1. The number of amides is 1. The van der Waals surface area contributed by atoms with E-state index in [1.807, 2.05) is 36.4 Å². The second kappa shape index (κ2) is 13.7. The molecule has 1 amide bonds. The smallest absolute Gasteiger partial charge is 0.255 e. The number of hydrogen-bond donors (Lipinski definition) is 2. The summed E-state index contributed by atoms with van der Waals surface area (Å²) in [5.41, 5.74) is 9.81. The number of nitrogens with one attached hydrogen (secondary N) is 1. The highest BCUT2D eigenvalue weighted by Gasteiger charge is 2.17. The third kappa shape index (κ3) is 9.18. The predicted octanol–water partition coefficient (Wildman–Crippen LogP) is 5.97. The molecule has 5 nitrogen and oxygen atoms in total. The minimum atomic E-state index is -0.0522. The van der Waals surface area contributed by atoms with E-state index in [2.05, 4.69) is 43.1 Å². The second-order valence-corrected chi connectivity index (χ2v) is 11.4. The summed E-state index contributed by atoms with van der Waals surface area (Å²) in [6.45, 7) is 10.1. The van der Waals surface area contributed by atoms with Crippen molar-refractivity contribution in [3.63, 3.8) is 0 Å². The zero-order valence-electron chi connectivity index (χ0n) is 22.5. The van der Waals surface area contributed by atoms with E-state index in [1.165, 1.54) is 43.5 Å². The third-order valence-corrected chi connectivity index (χ3v) is 7.37. The molecule has 0 bridgehead atoms. The van der Waals surface area contributed by atoms with E-state index in [0.717, 1.165) is 50.6 Å². The molecule has 2 aromatic rings. The normalized spacial score (nSPS) is 20.7. The fraction of sp³-hybridized carbons (Fsp3) is 0.548. The number of rotatable bonds is 6. The molecule has 1 saturated heterocycles. The molecule has 1 saturated carbocycles. The summed E-state index contributed by atoms with van der Waals surface area (Å²) >= 11 is 0. The van der Waals surface area contributed by atoms with Crippen LogP contribution in [0.25, 0.3) is 0 Å². The van der Waals surface area contributed by atoms with Crippen LogP contribution in [-0.4, -0.2) is 42.8 Å². The Balaban J connectivity index is 0.000000338. The summed E-state index contributed by atoms with van der Waals surface area (Å²) in [4.78, 5) is 25.3. The van der Waals surface area contributed by atoms with E-state index in [1.54, 1.807) is 0 Å². The van der Waals surface area contributed by atoms with Crippen molar-refractivity contribution >= 4 is 17.9 Å². The summed E-state index contributed by atoms with van der Waals surface area (Å²) in [7, 11) is 0. The fourth-order valence-corrected chi connectivity index (χ4v) is 4.88. The molecule has 1 heterocycles. The van der Waals surface area contributed by atoms with E-state index in [0.29, 0.717) is 17.5 Å². The number of hydrogen-bond acceptors (Lipinski definition) is 4. The molecule has 0 aromatic heterocycles. The molecule has 0 atom stereocenters. The van der Waals surface area contributed by atoms with E-state index >= 15 is 0 Å². The number of carbonyl (C=O) groups is 2. The Kier molecular flexibility index (Phi) is 10.7. The van der Waals surface area contributed by atoms with E-state index < -0.39 is 0 Å². The average molecular weight is 492 g/mol. The van der Waals surface area contributed by atoms with Gasteiger partial charge in [0, 0.05) is 29.8 Å². The van der Waals surface area contributed by atoms with Crippen LogP contribution in [0.1, 0.15) is 87.2 Å². The van der Waals surface area contributed by atoms with Gasteiger partial charge in [0.25, 0.3) is 5.91 Å². The molecule has 3 N–H and O–H groups in total. The monoisotopic (exact) mass is 491 g/mol. The Morgan fingerprint density at radius 3 is 2.28 bits per heavy atom. The Morgan fingerprint density at radius 2 is 1.67 bits per heavy atom. The molecule has 196 valence electrons. The van der Waals surface area contributed by atoms with Crippen LogP contribution in [0.5, 0.6) is 0 Å². The van der Waals surface area contributed by atoms with Gasteiger partial charge in [-0.15, -0.1) is 0 Å². The maximum atomic E-state index is 12.6. The van der Waals surface area contributed by atoms with Crippen molar-refractivity contribution in [2.75, 3.05) is 25.0 Å². The molecule has 0 spiro atoms. The van der Waals surface area contributed by atoms with Crippen LogP contribution in [0.3, 0.4) is 0 Å². The first-order valence-corrected chi connectivity index (χ1v) is 13.7. The van der Waals surface area contributed by atoms with E-state index in [4.69, 9.17) is 5.73 Å². The van der Waals surface area contributed by atoms with Crippen molar-refractivity contribution in [3.8, 4) is 0 Å². The number of benzene rings is 2. The van der Waals surface area contributed by atoms with E-state index in [-0.39, 0.29) is 11.3 Å². The third-order valence-electron chi connectivity index (χ3n) is 7.37. The van der Waals surface area contributed by atoms with Crippen molar-refractivity contribution in [2.45, 2.75) is 83.6 Å². The molecular weight excluding hydrogens is 446 g/mol. The lowest BCUT2D eigenvalue weighted by molar-refractivity contribution is -0.111. The van der Waals surface area contributed by atoms with Gasteiger partial charge in [-0.1, -0.05) is 51.5 Å². The first kappa shape index (κ1) is 28.1. The summed E-state index contributed by atoms with van der Waals surface area (Å²) in [5.74, 6) is 0.258. The van der Waals surface area contributed by atoms with Crippen molar-refractivity contribution in [3.05, 3.63) is 65.2 Å². The summed E-state index contributed by atoms with van der Waals surface area (Å²) < 4.78 is 0.